The zero-order chi connectivity index (χ0) is 10.9. The van der Waals surface area contributed by atoms with Gasteiger partial charge in [0.1, 0.15) is 5.56 Å². The van der Waals surface area contributed by atoms with Gasteiger partial charge in [-0.05, 0) is 17.0 Å². The second-order valence-electron chi connectivity index (χ2n) is 4.15. The minimum absolute atomic E-state index is 0.167. The van der Waals surface area contributed by atoms with Crippen molar-refractivity contribution in [2.75, 3.05) is 0 Å². The van der Waals surface area contributed by atoms with E-state index in [9.17, 15) is 9.59 Å². The Morgan fingerprint density at radius 1 is 1.43 bits per heavy atom. The number of rotatable bonds is 1. The molecule has 0 aliphatic carbocycles. The van der Waals surface area contributed by atoms with Crippen LogP contribution in [0.25, 0.3) is 0 Å². The van der Waals surface area contributed by atoms with Crippen LogP contribution in [0, 0.1) is 0 Å². The van der Waals surface area contributed by atoms with Crippen LogP contribution >= 0.6 is 0 Å². The number of carboxylic acids is 1. The first kappa shape index (κ1) is 10.5. The third kappa shape index (κ3) is 1.84. The molecule has 76 valence electrons. The second kappa shape index (κ2) is 3.29. The van der Waals surface area contributed by atoms with Crippen LogP contribution < -0.4 is 5.56 Å². The fourth-order valence-electron chi connectivity index (χ4n) is 1.32. The molecule has 4 heteroatoms. The van der Waals surface area contributed by atoms with E-state index in [2.05, 4.69) is 4.98 Å². The number of hydrogen-bond donors (Lipinski definition) is 2. The average Bonchev–Trinajstić information content (AvgIpc) is 2.01. The van der Waals surface area contributed by atoms with E-state index in [4.69, 9.17) is 5.11 Å². The van der Waals surface area contributed by atoms with E-state index in [1.807, 2.05) is 20.8 Å². The Balaban J connectivity index is 3.52. The number of nitrogens with one attached hydrogen (secondary N) is 1. The Morgan fingerprint density at radius 2 is 2.00 bits per heavy atom. The Bertz CT molecular complexity index is 412. The quantitative estimate of drug-likeness (QED) is 0.711. The summed E-state index contributed by atoms with van der Waals surface area (Å²) in [5, 5.41) is 8.89. The van der Waals surface area contributed by atoms with Crippen molar-refractivity contribution in [2.24, 2.45) is 0 Å². The molecule has 1 heterocycles. The number of aromatic carboxylic acids is 1. The summed E-state index contributed by atoms with van der Waals surface area (Å²) in [5.74, 6) is -1.18. The molecule has 0 bridgehead atoms. The molecule has 0 unspecified atom stereocenters. The lowest BCUT2D eigenvalue weighted by Crippen LogP contribution is -2.25. The summed E-state index contributed by atoms with van der Waals surface area (Å²) >= 11 is 0. The van der Waals surface area contributed by atoms with Gasteiger partial charge in [-0.25, -0.2) is 4.79 Å². The summed E-state index contributed by atoms with van der Waals surface area (Å²) in [6, 6.07) is 1.63. The van der Waals surface area contributed by atoms with Crippen molar-refractivity contribution < 1.29 is 9.90 Å². The number of aromatic nitrogens is 1. The lowest BCUT2D eigenvalue weighted by atomic mass is 9.84. The van der Waals surface area contributed by atoms with E-state index in [1.165, 1.54) is 6.20 Å². The van der Waals surface area contributed by atoms with E-state index in [-0.39, 0.29) is 11.0 Å². The van der Waals surface area contributed by atoms with Gasteiger partial charge in [-0.15, -0.1) is 0 Å². The summed E-state index contributed by atoms with van der Waals surface area (Å²) in [7, 11) is 0. The van der Waals surface area contributed by atoms with E-state index in [0.717, 1.165) is 0 Å². The molecular weight excluding hydrogens is 182 g/mol. The molecule has 0 fully saturated rings. The van der Waals surface area contributed by atoms with Gasteiger partial charge >= 0.3 is 5.97 Å². The SMILES string of the molecule is CC(C)(C)c1cc[nH]c(=O)c1C(=O)O. The molecule has 0 spiro atoms. The predicted octanol–water partition coefficient (Wildman–Crippen LogP) is 1.37. The average molecular weight is 195 g/mol. The smallest absolute Gasteiger partial charge is 0.341 e. The van der Waals surface area contributed by atoms with Crippen LogP contribution in [0.5, 0.6) is 0 Å². The number of hydrogen-bond acceptors (Lipinski definition) is 2. The zero-order valence-corrected chi connectivity index (χ0v) is 8.42. The summed E-state index contributed by atoms with van der Waals surface area (Å²) < 4.78 is 0. The maximum Gasteiger partial charge on any atom is 0.341 e. The Hall–Kier alpha value is -1.58. The lowest BCUT2D eigenvalue weighted by molar-refractivity contribution is 0.0692. The highest BCUT2D eigenvalue weighted by atomic mass is 16.4. The molecule has 14 heavy (non-hydrogen) atoms. The van der Waals surface area contributed by atoms with E-state index in [0.29, 0.717) is 5.56 Å². The van der Waals surface area contributed by atoms with Gasteiger partial charge in [-0.2, -0.15) is 0 Å². The van der Waals surface area contributed by atoms with Crippen molar-refractivity contribution >= 4 is 5.97 Å². The minimum Gasteiger partial charge on any atom is -0.477 e. The molecular formula is C10H13NO3. The predicted molar refractivity (Wildman–Crippen MR) is 52.7 cm³/mol. The maximum atomic E-state index is 11.3. The third-order valence-corrected chi connectivity index (χ3v) is 1.98. The van der Waals surface area contributed by atoms with Gasteiger partial charge < -0.3 is 10.1 Å². The highest BCUT2D eigenvalue weighted by Gasteiger charge is 2.23. The molecule has 1 rings (SSSR count). The Kier molecular flexibility index (Phi) is 2.47. The number of carbonyl (C=O) groups is 1. The molecule has 0 aliphatic heterocycles. The fourth-order valence-corrected chi connectivity index (χ4v) is 1.32. The first-order valence-corrected chi connectivity index (χ1v) is 4.29. The fraction of sp³-hybridized carbons (Fsp3) is 0.400. The van der Waals surface area contributed by atoms with Crippen molar-refractivity contribution in [3.05, 3.63) is 33.7 Å². The molecule has 0 atom stereocenters. The van der Waals surface area contributed by atoms with Gasteiger partial charge in [0.2, 0.25) is 0 Å². The normalized spacial score (nSPS) is 11.4. The molecule has 0 amide bonds. The van der Waals surface area contributed by atoms with Gasteiger partial charge in [0.05, 0.1) is 0 Å². The highest BCUT2D eigenvalue weighted by Crippen LogP contribution is 2.23. The molecule has 0 saturated heterocycles. The van der Waals surface area contributed by atoms with Crippen LogP contribution in [0.4, 0.5) is 0 Å². The lowest BCUT2D eigenvalue weighted by Gasteiger charge is -2.20. The monoisotopic (exact) mass is 195 g/mol. The number of aromatic amines is 1. The van der Waals surface area contributed by atoms with Crippen molar-refractivity contribution in [2.45, 2.75) is 26.2 Å². The molecule has 0 saturated carbocycles. The maximum absolute atomic E-state index is 11.3. The van der Waals surface area contributed by atoms with Gasteiger partial charge in [-0.3, -0.25) is 4.79 Å². The molecule has 1 aromatic heterocycles. The van der Waals surface area contributed by atoms with Crippen LogP contribution in [-0.4, -0.2) is 16.1 Å². The topological polar surface area (TPSA) is 70.2 Å². The van der Waals surface area contributed by atoms with Crippen molar-refractivity contribution in [3.63, 3.8) is 0 Å². The number of carboxylic acid groups (broad SMARTS) is 1. The van der Waals surface area contributed by atoms with E-state index >= 15 is 0 Å². The van der Waals surface area contributed by atoms with Crippen molar-refractivity contribution in [3.8, 4) is 0 Å². The zero-order valence-electron chi connectivity index (χ0n) is 8.42. The highest BCUT2D eigenvalue weighted by molar-refractivity contribution is 5.89. The van der Waals surface area contributed by atoms with E-state index < -0.39 is 11.5 Å². The molecule has 2 N–H and O–H groups in total. The first-order valence-electron chi connectivity index (χ1n) is 4.29. The summed E-state index contributed by atoms with van der Waals surface area (Å²) in [4.78, 5) is 24.5. The molecule has 0 aliphatic rings. The number of H-pyrrole nitrogens is 1. The Morgan fingerprint density at radius 3 is 2.36 bits per heavy atom. The number of pyridine rings is 1. The van der Waals surface area contributed by atoms with Gasteiger partial charge in [-0.1, -0.05) is 20.8 Å². The first-order chi connectivity index (χ1) is 6.34. The van der Waals surface area contributed by atoms with Crippen LogP contribution in [0.2, 0.25) is 0 Å². The molecule has 0 radical (unpaired) electrons. The van der Waals surface area contributed by atoms with Crippen molar-refractivity contribution in [1.82, 2.24) is 4.98 Å². The van der Waals surface area contributed by atoms with Crippen LogP contribution in [0.3, 0.4) is 0 Å². The van der Waals surface area contributed by atoms with E-state index in [1.54, 1.807) is 6.07 Å². The van der Waals surface area contributed by atoms with Crippen LogP contribution in [0.15, 0.2) is 17.1 Å². The summed E-state index contributed by atoms with van der Waals surface area (Å²) in [5.41, 5.74) is -0.513. The molecule has 0 aromatic carbocycles. The summed E-state index contributed by atoms with van der Waals surface area (Å²) in [6.07, 6.45) is 1.47. The second-order valence-corrected chi connectivity index (χ2v) is 4.15. The Labute approximate surface area is 81.6 Å². The molecule has 1 aromatic rings. The van der Waals surface area contributed by atoms with Crippen molar-refractivity contribution in [1.29, 1.82) is 0 Å². The van der Waals surface area contributed by atoms with Crippen LogP contribution in [-0.2, 0) is 5.41 Å². The van der Waals surface area contributed by atoms with Gasteiger partial charge in [0.15, 0.2) is 0 Å². The van der Waals surface area contributed by atoms with Gasteiger partial charge in [0, 0.05) is 6.20 Å². The molecule has 4 nitrogen and oxygen atoms in total. The standard InChI is InChI=1S/C10H13NO3/c1-10(2,3)6-4-5-11-8(12)7(6)9(13)14/h4-5H,1-3H3,(H,11,12)(H,13,14). The third-order valence-electron chi connectivity index (χ3n) is 1.98. The largest absolute Gasteiger partial charge is 0.477 e. The van der Waals surface area contributed by atoms with Crippen LogP contribution in [0.1, 0.15) is 36.7 Å². The summed E-state index contributed by atoms with van der Waals surface area (Å²) in [6.45, 7) is 5.61. The minimum atomic E-state index is -1.18. The van der Waals surface area contributed by atoms with Gasteiger partial charge in [0.25, 0.3) is 5.56 Å².